The highest BCUT2D eigenvalue weighted by Crippen LogP contribution is 2.61. The Hall–Kier alpha value is -4.62. The van der Waals surface area contributed by atoms with E-state index in [-0.39, 0.29) is 5.41 Å². The molecule has 4 nitrogen and oxygen atoms in total. The lowest BCUT2D eigenvalue weighted by Crippen LogP contribution is -2.48. The summed E-state index contributed by atoms with van der Waals surface area (Å²) < 4.78 is 0. The molecule has 4 fully saturated rings. The fraction of sp³-hybridized carbons (Fsp3) is 0.263. The first-order chi connectivity index (χ1) is 20.6. The van der Waals surface area contributed by atoms with Crippen LogP contribution in [0.5, 0.6) is 0 Å². The van der Waals surface area contributed by atoms with Crippen LogP contribution < -0.4 is 0 Å². The molecule has 9 rings (SSSR count). The number of benzene rings is 4. The third-order valence-corrected chi connectivity index (χ3v) is 9.89. The molecule has 4 bridgehead atoms. The molecule has 1 heterocycles. The summed E-state index contributed by atoms with van der Waals surface area (Å²) in [4.78, 5) is 15.0. The highest BCUT2D eigenvalue weighted by atomic mass is 15.0. The maximum atomic E-state index is 10.1. The van der Waals surface area contributed by atoms with E-state index in [1.807, 2.05) is 42.5 Å². The SMILES string of the molecule is N#Cc1cc(-c2nc(-c3ccccc3)nc(-c3ccc(-c4ccccc4)cc3)n2)cc(C23CC4C[C@H](C2)C[C@@H](C4)C3)c1. The minimum absolute atomic E-state index is 0.182. The normalized spacial score (nSPS) is 23.9. The summed E-state index contributed by atoms with van der Waals surface area (Å²) in [6.07, 6.45) is 7.93. The van der Waals surface area contributed by atoms with Gasteiger partial charge in [0, 0.05) is 16.7 Å². The van der Waals surface area contributed by atoms with Crippen LogP contribution in [-0.2, 0) is 5.41 Å². The second-order valence-electron chi connectivity index (χ2n) is 12.7. The fourth-order valence-corrected chi connectivity index (χ4v) is 8.38. The average Bonchev–Trinajstić information content (AvgIpc) is 3.04. The molecule has 0 atom stereocenters. The largest absolute Gasteiger partial charge is 0.208 e. The van der Waals surface area contributed by atoms with Gasteiger partial charge >= 0.3 is 0 Å². The molecule has 4 heteroatoms. The molecule has 0 aliphatic heterocycles. The van der Waals surface area contributed by atoms with Crippen LogP contribution in [0, 0.1) is 29.1 Å². The number of hydrogen-bond donors (Lipinski definition) is 0. The second-order valence-corrected chi connectivity index (χ2v) is 12.7. The molecule has 4 saturated carbocycles. The van der Waals surface area contributed by atoms with E-state index in [0.717, 1.165) is 40.0 Å². The van der Waals surface area contributed by atoms with E-state index in [1.54, 1.807) is 0 Å². The lowest BCUT2D eigenvalue weighted by Gasteiger charge is -2.57. The molecule has 4 aliphatic carbocycles. The molecule has 0 unspecified atom stereocenters. The Morgan fingerprint density at radius 1 is 0.524 bits per heavy atom. The van der Waals surface area contributed by atoms with Crippen molar-refractivity contribution < 1.29 is 0 Å². The van der Waals surface area contributed by atoms with Crippen molar-refractivity contribution in [1.82, 2.24) is 15.0 Å². The Kier molecular flexibility index (Phi) is 6.00. The Labute approximate surface area is 247 Å². The molecule has 4 aliphatic rings. The van der Waals surface area contributed by atoms with Crippen molar-refractivity contribution in [3.8, 4) is 51.4 Å². The van der Waals surface area contributed by atoms with Gasteiger partial charge in [-0.3, -0.25) is 0 Å². The minimum atomic E-state index is 0.182. The van der Waals surface area contributed by atoms with Crippen LogP contribution in [-0.4, -0.2) is 15.0 Å². The molecule has 0 saturated heterocycles. The number of hydrogen-bond acceptors (Lipinski definition) is 4. The van der Waals surface area contributed by atoms with E-state index in [1.165, 1.54) is 49.7 Å². The summed E-state index contributed by atoms with van der Waals surface area (Å²) in [5, 5.41) is 10.1. The molecular weight excluding hydrogens is 512 g/mol. The van der Waals surface area contributed by atoms with Gasteiger partial charge in [0.1, 0.15) is 0 Å². The lowest BCUT2D eigenvalue weighted by molar-refractivity contribution is -0.00518. The molecular formula is C38H32N4. The van der Waals surface area contributed by atoms with Crippen molar-refractivity contribution in [1.29, 1.82) is 5.26 Å². The van der Waals surface area contributed by atoms with Gasteiger partial charge in [-0.2, -0.15) is 5.26 Å². The van der Waals surface area contributed by atoms with Gasteiger partial charge in [-0.25, -0.2) is 15.0 Å². The zero-order valence-electron chi connectivity index (χ0n) is 23.6. The summed E-state index contributed by atoms with van der Waals surface area (Å²) in [6, 6.07) is 37.7. The summed E-state index contributed by atoms with van der Waals surface area (Å²) >= 11 is 0. The number of aromatic nitrogens is 3. The van der Waals surface area contributed by atoms with E-state index in [2.05, 4.69) is 66.7 Å². The zero-order chi connectivity index (χ0) is 28.1. The fourth-order valence-electron chi connectivity index (χ4n) is 8.38. The number of rotatable bonds is 5. The van der Waals surface area contributed by atoms with Crippen LogP contribution in [0.15, 0.2) is 103 Å². The molecule has 4 aromatic carbocycles. The number of nitrogens with zero attached hydrogens (tertiary/aromatic N) is 4. The molecule has 204 valence electrons. The third-order valence-electron chi connectivity index (χ3n) is 9.89. The van der Waals surface area contributed by atoms with Crippen molar-refractivity contribution in [2.75, 3.05) is 0 Å². The highest BCUT2D eigenvalue weighted by Gasteiger charge is 2.51. The minimum Gasteiger partial charge on any atom is -0.208 e. The Bertz CT molecular complexity index is 1770. The molecule has 5 aromatic rings. The van der Waals surface area contributed by atoms with Gasteiger partial charge in [0.2, 0.25) is 0 Å². The molecule has 1 aromatic heterocycles. The highest BCUT2D eigenvalue weighted by molar-refractivity contribution is 5.71. The average molecular weight is 545 g/mol. The van der Waals surface area contributed by atoms with Gasteiger partial charge in [-0.15, -0.1) is 0 Å². The Morgan fingerprint density at radius 3 is 1.52 bits per heavy atom. The van der Waals surface area contributed by atoms with Crippen LogP contribution in [0.4, 0.5) is 0 Å². The number of nitriles is 1. The predicted molar refractivity (Wildman–Crippen MR) is 166 cm³/mol. The summed E-state index contributed by atoms with van der Waals surface area (Å²) in [5.41, 5.74) is 7.30. The van der Waals surface area contributed by atoms with Crippen molar-refractivity contribution in [2.45, 2.75) is 43.9 Å². The molecule has 0 spiro atoms. The quantitative estimate of drug-likeness (QED) is 0.222. The maximum Gasteiger partial charge on any atom is 0.164 e. The van der Waals surface area contributed by atoms with Crippen LogP contribution in [0.25, 0.3) is 45.3 Å². The van der Waals surface area contributed by atoms with Crippen molar-refractivity contribution >= 4 is 0 Å². The maximum absolute atomic E-state index is 10.1. The van der Waals surface area contributed by atoms with Gasteiger partial charge in [-0.05, 0) is 96.6 Å². The van der Waals surface area contributed by atoms with Gasteiger partial charge < -0.3 is 0 Å². The van der Waals surface area contributed by atoms with E-state index in [9.17, 15) is 5.26 Å². The van der Waals surface area contributed by atoms with Crippen molar-refractivity contribution in [3.05, 3.63) is 114 Å². The van der Waals surface area contributed by atoms with Crippen LogP contribution in [0.2, 0.25) is 0 Å². The molecule has 0 amide bonds. The predicted octanol–water partition coefficient (Wildman–Crippen LogP) is 8.88. The molecule has 0 radical (unpaired) electrons. The lowest BCUT2D eigenvalue weighted by atomic mass is 9.48. The first-order valence-electron chi connectivity index (χ1n) is 15.2. The second kappa shape index (κ2) is 10.0. The van der Waals surface area contributed by atoms with Gasteiger partial charge in [0.25, 0.3) is 0 Å². The topological polar surface area (TPSA) is 62.5 Å². The smallest absolute Gasteiger partial charge is 0.164 e. The van der Waals surface area contributed by atoms with Gasteiger partial charge in [0.15, 0.2) is 17.5 Å². The first-order valence-corrected chi connectivity index (χ1v) is 15.2. The van der Waals surface area contributed by atoms with Crippen molar-refractivity contribution in [3.63, 3.8) is 0 Å². The Balaban J connectivity index is 1.24. The van der Waals surface area contributed by atoms with E-state index in [0.29, 0.717) is 23.0 Å². The van der Waals surface area contributed by atoms with Gasteiger partial charge in [-0.1, -0.05) is 84.9 Å². The standard InChI is InChI=1S/C38H32N4/c39-24-28-18-33(20-34(19-28)38-21-25-15-26(22-38)17-27(16-25)23-38)37-41-35(31-9-5-2-6-10-31)40-36(42-37)32-13-11-30(12-14-32)29-7-3-1-4-8-29/h1-14,18-20,25-27H,15-17,21-23H2/t25-,26+,27?,38?. The summed E-state index contributed by atoms with van der Waals surface area (Å²) in [7, 11) is 0. The van der Waals surface area contributed by atoms with E-state index < -0.39 is 0 Å². The van der Waals surface area contributed by atoms with Crippen LogP contribution in [0.3, 0.4) is 0 Å². The monoisotopic (exact) mass is 544 g/mol. The van der Waals surface area contributed by atoms with E-state index >= 15 is 0 Å². The van der Waals surface area contributed by atoms with Crippen molar-refractivity contribution in [2.24, 2.45) is 17.8 Å². The summed E-state index contributed by atoms with van der Waals surface area (Å²) in [6.45, 7) is 0. The molecule has 42 heavy (non-hydrogen) atoms. The van der Waals surface area contributed by atoms with Gasteiger partial charge in [0.05, 0.1) is 11.6 Å². The summed E-state index contributed by atoms with van der Waals surface area (Å²) in [5.74, 6) is 4.39. The van der Waals surface area contributed by atoms with E-state index in [4.69, 9.17) is 15.0 Å². The third kappa shape index (κ3) is 4.50. The zero-order valence-corrected chi connectivity index (χ0v) is 23.6. The Morgan fingerprint density at radius 2 is 0.976 bits per heavy atom. The van der Waals surface area contributed by atoms with Crippen LogP contribution >= 0.6 is 0 Å². The molecule has 0 N–H and O–H groups in total. The van der Waals surface area contributed by atoms with Crippen LogP contribution in [0.1, 0.15) is 49.7 Å². The first kappa shape index (κ1) is 25.1.